The first-order valence-corrected chi connectivity index (χ1v) is 15.1. The molecule has 1 aliphatic carbocycles. The Morgan fingerprint density at radius 3 is 1.97 bits per heavy atom. The SMILES string of the molecule is CC.CC.CC.Cc1c2c(nc(C3CCOCC3)c1C(O)c1ccc(C(C)(C)C)cc1)CC(C)(C)CC2O. The summed E-state index contributed by atoms with van der Waals surface area (Å²) in [5.74, 6) is 0.272. The van der Waals surface area contributed by atoms with Gasteiger partial charge in [0, 0.05) is 36.0 Å². The highest BCUT2D eigenvalue weighted by Crippen LogP contribution is 2.45. The highest BCUT2D eigenvalue weighted by atomic mass is 16.5. The van der Waals surface area contributed by atoms with Crippen LogP contribution >= 0.6 is 0 Å². The van der Waals surface area contributed by atoms with Gasteiger partial charge in [0.05, 0.1) is 11.8 Å². The number of aliphatic hydroxyl groups excluding tert-OH is 2. The van der Waals surface area contributed by atoms with E-state index < -0.39 is 12.2 Å². The molecule has 0 bridgehead atoms. The summed E-state index contributed by atoms with van der Waals surface area (Å²) in [4.78, 5) is 5.17. The molecule has 0 radical (unpaired) electrons. The summed E-state index contributed by atoms with van der Waals surface area (Å²) in [6.07, 6.45) is 2.10. The zero-order valence-corrected chi connectivity index (χ0v) is 26.5. The lowest BCUT2D eigenvalue weighted by Crippen LogP contribution is -2.30. The Morgan fingerprint density at radius 2 is 1.47 bits per heavy atom. The van der Waals surface area contributed by atoms with Gasteiger partial charge in [-0.25, -0.2) is 0 Å². The second-order valence-corrected chi connectivity index (χ2v) is 11.6. The molecule has 2 atom stereocenters. The smallest absolute Gasteiger partial charge is 0.106 e. The van der Waals surface area contributed by atoms with E-state index in [0.717, 1.165) is 72.5 Å². The van der Waals surface area contributed by atoms with Crippen molar-refractivity contribution in [3.63, 3.8) is 0 Å². The molecule has 1 fully saturated rings. The van der Waals surface area contributed by atoms with Crippen LogP contribution in [0, 0.1) is 12.3 Å². The van der Waals surface area contributed by atoms with E-state index in [1.807, 2.05) is 53.7 Å². The molecule has 0 spiro atoms. The lowest BCUT2D eigenvalue weighted by molar-refractivity contribution is 0.0823. The summed E-state index contributed by atoms with van der Waals surface area (Å²) in [5, 5.41) is 22.7. The van der Waals surface area contributed by atoms with Crippen molar-refractivity contribution in [1.29, 1.82) is 0 Å². The van der Waals surface area contributed by atoms with Crippen LogP contribution in [0.15, 0.2) is 24.3 Å². The summed E-state index contributed by atoms with van der Waals surface area (Å²) in [6.45, 7) is 26.5. The third-order valence-electron chi connectivity index (χ3n) is 7.35. The molecule has 1 saturated heterocycles. The molecule has 2 unspecified atom stereocenters. The molecule has 4 heteroatoms. The largest absolute Gasteiger partial charge is 0.388 e. The maximum Gasteiger partial charge on any atom is 0.106 e. The predicted octanol–water partition coefficient (Wildman–Crippen LogP) is 8.75. The minimum atomic E-state index is -0.762. The van der Waals surface area contributed by atoms with E-state index in [1.165, 1.54) is 5.56 Å². The molecular weight excluding hydrogens is 470 g/mol. The molecule has 0 saturated carbocycles. The monoisotopic (exact) mass is 527 g/mol. The van der Waals surface area contributed by atoms with E-state index in [-0.39, 0.29) is 16.7 Å². The highest BCUT2D eigenvalue weighted by molar-refractivity contribution is 5.48. The van der Waals surface area contributed by atoms with Gasteiger partial charge in [0.1, 0.15) is 6.10 Å². The number of nitrogens with zero attached hydrogens (tertiary/aromatic N) is 1. The number of aliphatic hydroxyl groups is 2. The number of hydrogen-bond donors (Lipinski definition) is 2. The highest BCUT2D eigenvalue weighted by Gasteiger charge is 2.37. The van der Waals surface area contributed by atoms with E-state index in [1.54, 1.807) is 0 Å². The normalized spacial score (nSPS) is 19.4. The van der Waals surface area contributed by atoms with Crippen molar-refractivity contribution in [3.8, 4) is 0 Å². The minimum absolute atomic E-state index is 0.0156. The van der Waals surface area contributed by atoms with E-state index in [4.69, 9.17) is 9.72 Å². The van der Waals surface area contributed by atoms with Crippen LogP contribution in [0.4, 0.5) is 0 Å². The number of benzene rings is 1. The fourth-order valence-corrected chi connectivity index (χ4v) is 5.51. The standard InChI is InChI=1S/C28H39NO3.3C2H6/c1-17-23-21(15-28(5,6)16-22(23)30)29-25(18-11-13-32-14-12-18)24(17)26(31)19-7-9-20(10-8-19)27(2,3)4;3*1-2/h7-10,18,22,26,30-31H,11-16H2,1-6H3;3*1-2H3. The lowest BCUT2D eigenvalue weighted by atomic mass is 9.72. The molecule has 1 aromatic carbocycles. The van der Waals surface area contributed by atoms with Crippen molar-refractivity contribution in [2.24, 2.45) is 5.41 Å². The van der Waals surface area contributed by atoms with Crippen LogP contribution < -0.4 is 0 Å². The van der Waals surface area contributed by atoms with Crippen molar-refractivity contribution in [2.45, 2.75) is 132 Å². The van der Waals surface area contributed by atoms with Crippen molar-refractivity contribution in [3.05, 3.63) is 63.5 Å². The number of pyridine rings is 1. The van der Waals surface area contributed by atoms with Crippen molar-refractivity contribution in [1.82, 2.24) is 4.98 Å². The van der Waals surface area contributed by atoms with E-state index in [0.29, 0.717) is 0 Å². The van der Waals surface area contributed by atoms with Gasteiger partial charge in [0.15, 0.2) is 0 Å². The predicted molar refractivity (Wildman–Crippen MR) is 162 cm³/mol. The number of fused-ring (bicyclic) bond motifs is 1. The number of aromatic nitrogens is 1. The Hall–Kier alpha value is -1.75. The fourth-order valence-electron chi connectivity index (χ4n) is 5.51. The third kappa shape index (κ3) is 8.13. The molecule has 4 rings (SSSR count). The van der Waals surface area contributed by atoms with Crippen LogP contribution in [0.5, 0.6) is 0 Å². The average Bonchev–Trinajstić information content (AvgIpc) is 2.90. The second kappa shape index (κ2) is 15.1. The van der Waals surface area contributed by atoms with Crippen LogP contribution in [0.25, 0.3) is 0 Å². The van der Waals surface area contributed by atoms with Crippen LogP contribution in [0.2, 0.25) is 0 Å². The van der Waals surface area contributed by atoms with Gasteiger partial charge < -0.3 is 14.9 Å². The third-order valence-corrected chi connectivity index (χ3v) is 7.35. The van der Waals surface area contributed by atoms with Gasteiger partial charge in [0.2, 0.25) is 0 Å². The first-order valence-electron chi connectivity index (χ1n) is 15.1. The van der Waals surface area contributed by atoms with Crippen molar-refractivity contribution < 1.29 is 14.9 Å². The summed E-state index contributed by atoms with van der Waals surface area (Å²) in [5.41, 5.74) is 7.04. The second-order valence-electron chi connectivity index (χ2n) is 11.6. The quantitative estimate of drug-likeness (QED) is 0.419. The van der Waals surface area contributed by atoms with Gasteiger partial charge in [-0.15, -0.1) is 0 Å². The molecule has 2 N–H and O–H groups in total. The first-order chi connectivity index (χ1) is 18.0. The molecular formula is C34H57NO3. The molecule has 2 heterocycles. The molecule has 1 aliphatic heterocycles. The average molecular weight is 528 g/mol. The Bertz CT molecular complexity index is 967. The van der Waals surface area contributed by atoms with E-state index in [2.05, 4.69) is 53.7 Å². The molecule has 1 aromatic heterocycles. The summed E-state index contributed by atoms with van der Waals surface area (Å²) in [7, 11) is 0. The molecule has 216 valence electrons. The van der Waals surface area contributed by atoms with Crippen LogP contribution in [0.3, 0.4) is 0 Å². The van der Waals surface area contributed by atoms with Gasteiger partial charge in [0.25, 0.3) is 0 Å². The molecule has 38 heavy (non-hydrogen) atoms. The van der Waals surface area contributed by atoms with Crippen LogP contribution in [-0.2, 0) is 16.6 Å². The molecule has 2 aromatic rings. The lowest BCUT2D eigenvalue weighted by Gasteiger charge is -2.37. The summed E-state index contributed by atoms with van der Waals surface area (Å²) < 4.78 is 5.61. The number of rotatable bonds is 3. The maximum atomic E-state index is 11.6. The zero-order chi connectivity index (χ0) is 29.3. The van der Waals surface area contributed by atoms with Gasteiger partial charge in [-0.2, -0.15) is 0 Å². The van der Waals surface area contributed by atoms with Gasteiger partial charge in [-0.05, 0) is 60.1 Å². The number of hydrogen-bond acceptors (Lipinski definition) is 4. The number of ether oxygens (including phenoxy) is 1. The van der Waals surface area contributed by atoms with Gasteiger partial charge in [-0.1, -0.05) is 100 Å². The first kappa shape index (κ1) is 34.3. The molecule has 0 amide bonds. The van der Waals surface area contributed by atoms with Crippen LogP contribution in [-0.4, -0.2) is 28.4 Å². The Morgan fingerprint density at radius 1 is 0.947 bits per heavy atom. The van der Waals surface area contributed by atoms with Gasteiger partial charge in [-0.3, -0.25) is 4.98 Å². The van der Waals surface area contributed by atoms with E-state index in [9.17, 15) is 10.2 Å². The van der Waals surface area contributed by atoms with E-state index >= 15 is 0 Å². The Kier molecular flexibility index (Phi) is 13.7. The van der Waals surface area contributed by atoms with Crippen LogP contribution in [0.1, 0.15) is 153 Å². The summed E-state index contributed by atoms with van der Waals surface area (Å²) in [6, 6.07) is 8.31. The Labute approximate surface area is 234 Å². The molecule has 2 aliphatic rings. The molecule has 4 nitrogen and oxygen atoms in total. The van der Waals surface area contributed by atoms with Gasteiger partial charge >= 0.3 is 0 Å². The van der Waals surface area contributed by atoms with Crippen molar-refractivity contribution >= 4 is 0 Å². The maximum absolute atomic E-state index is 11.6. The van der Waals surface area contributed by atoms with Crippen molar-refractivity contribution in [2.75, 3.05) is 13.2 Å². The summed E-state index contributed by atoms with van der Waals surface area (Å²) >= 11 is 0. The minimum Gasteiger partial charge on any atom is -0.388 e. The zero-order valence-electron chi connectivity index (χ0n) is 26.5. The fraction of sp³-hybridized carbons (Fsp3) is 0.676. The topological polar surface area (TPSA) is 62.6 Å². The Balaban J connectivity index is 0.00000112.